The lowest BCUT2D eigenvalue weighted by atomic mass is 10.1. The van der Waals surface area contributed by atoms with Gasteiger partial charge in [-0.15, -0.1) is 0 Å². The van der Waals surface area contributed by atoms with Crippen LogP contribution in [0.4, 0.5) is 0 Å². The zero-order valence-corrected chi connectivity index (χ0v) is 11.3. The standard InChI is InChI=1S/C14H12ClNO4/c15-10-3-1-9(2-4-10)13-12(8-19-16-13)14(17)20-11-5-6-18-7-11/h1-4,8,11H,5-7H2. The van der Waals surface area contributed by atoms with E-state index in [0.717, 1.165) is 5.56 Å². The number of rotatable bonds is 3. The predicted molar refractivity (Wildman–Crippen MR) is 71.6 cm³/mol. The van der Waals surface area contributed by atoms with Crippen molar-refractivity contribution in [2.75, 3.05) is 13.2 Å². The highest BCUT2D eigenvalue weighted by molar-refractivity contribution is 6.30. The first-order valence-corrected chi connectivity index (χ1v) is 6.61. The number of hydrogen-bond donors (Lipinski definition) is 0. The molecule has 2 aromatic rings. The summed E-state index contributed by atoms with van der Waals surface area (Å²) in [5.41, 5.74) is 1.50. The third-order valence-corrected chi connectivity index (χ3v) is 3.32. The Kier molecular flexibility index (Phi) is 3.71. The minimum absolute atomic E-state index is 0.199. The quantitative estimate of drug-likeness (QED) is 0.814. The Morgan fingerprint density at radius 3 is 2.85 bits per heavy atom. The van der Waals surface area contributed by atoms with Crippen molar-refractivity contribution in [3.05, 3.63) is 41.1 Å². The maximum Gasteiger partial charge on any atom is 0.344 e. The van der Waals surface area contributed by atoms with E-state index < -0.39 is 5.97 Å². The summed E-state index contributed by atoms with van der Waals surface area (Å²) in [5.74, 6) is -0.452. The Morgan fingerprint density at radius 1 is 1.35 bits per heavy atom. The SMILES string of the molecule is O=C(OC1CCOC1)c1conc1-c1ccc(Cl)cc1. The summed E-state index contributed by atoms with van der Waals surface area (Å²) < 4.78 is 15.4. The van der Waals surface area contributed by atoms with E-state index in [1.54, 1.807) is 24.3 Å². The van der Waals surface area contributed by atoms with E-state index in [1.165, 1.54) is 6.26 Å². The number of nitrogens with zero attached hydrogens (tertiary/aromatic N) is 1. The van der Waals surface area contributed by atoms with Gasteiger partial charge in [-0.2, -0.15) is 0 Å². The molecule has 0 spiro atoms. The van der Waals surface area contributed by atoms with E-state index in [9.17, 15) is 4.79 Å². The van der Waals surface area contributed by atoms with Gasteiger partial charge >= 0.3 is 5.97 Å². The van der Waals surface area contributed by atoms with Gasteiger partial charge in [-0.1, -0.05) is 28.9 Å². The molecule has 0 saturated carbocycles. The predicted octanol–water partition coefficient (Wildman–Crippen LogP) is 2.94. The molecule has 0 bridgehead atoms. The summed E-state index contributed by atoms with van der Waals surface area (Å²) in [6.45, 7) is 1.05. The number of hydrogen-bond acceptors (Lipinski definition) is 5. The Hall–Kier alpha value is -1.85. The van der Waals surface area contributed by atoms with Crippen LogP contribution in [-0.2, 0) is 9.47 Å². The van der Waals surface area contributed by atoms with Crippen LogP contribution < -0.4 is 0 Å². The molecule has 0 aliphatic carbocycles. The summed E-state index contributed by atoms with van der Waals surface area (Å²) in [5, 5.41) is 4.48. The van der Waals surface area contributed by atoms with Crippen LogP contribution in [-0.4, -0.2) is 30.4 Å². The Morgan fingerprint density at radius 2 is 2.15 bits per heavy atom. The lowest BCUT2D eigenvalue weighted by Crippen LogP contribution is -2.18. The second-order valence-electron chi connectivity index (χ2n) is 4.47. The molecular formula is C14H12ClNO4. The maximum absolute atomic E-state index is 12.1. The van der Waals surface area contributed by atoms with Crippen molar-refractivity contribution in [2.45, 2.75) is 12.5 Å². The second-order valence-corrected chi connectivity index (χ2v) is 4.91. The number of carbonyl (C=O) groups is 1. The van der Waals surface area contributed by atoms with Crippen LogP contribution in [0.5, 0.6) is 0 Å². The summed E-state index contributed by atoms with van der Waals surface area (Å²) in [7, 11) is 0. The van der Waals surface area contributed by atoms with Gasteiger partial charge in [0.15, 0.2) is 0 Å². The van der Waals surface area contributed by atoms with Gasteiger partial charge in [-0.25, -0.2) is 4.79 Å². The van der Waals surface area contributed by atoms with E-state index in [0.29, 0.717) is 35.9 Å². The van der Waals surface area contributed by atoms with Gasteiger partial charge < -0.3 is 14.0 Å². The number of halogens is 1. The average molecular weight is 294 g/mol. The van der Waals surface area contributed by atoms with Crippen molar-refractivity contribution < 1.29 is 18.8 Å². The molecule has 1 aliphatic heterocycles. The van der Waals surface area contributed by atoms with Crippen LogP contribution in [0.15, 0.2) is 35.1 Å². The van der Waals surface area contributed by atoms with E-state index in [2.05, 4.69) is 5.16 Å². The van der Waals surface area contributed by atoms with Crippen LogP contribution in [0, 0.1) is 0 Å². The van der Waals surface area contributed by atoms with E-state index in [-0.39, 0.29) is 6.10 Å². The number of ether oxygens (including phenoxy) is 2. The number of aromatic nitrogens is 1. The van der Waals surface area contributed by atoms with Gasteiger partial charge in [0.1, 0.15) is 23.6 Å². The van der Waals surface area contributed by atoms with Crippen LogP contribution in [0.2, 0.25) is 5.02 Å². The van der Waals surface area contributed by atoms with Crippen molar-refractivity contribution >= 4 is 17.6 Å². The van der Waals surface area contributed by atoms with E-state index in [4.69, 9.17) is 25.6 Å². The Balaban J connectivity index is 1.82. The molecule has 0 N–H and O–H groups in total. The van der Waals surface area contributed by atoms with Gasteiger partial charge in [0.05, 0.1) is 13.2 Å². The number of benzene rings is 1. The molecule has 20 heavy (non-hydrogen) atoms. The molecule has 1 aliphatic rings. The molecule has 1 aromatic heterocycles. The zero-order valence-electron chi connectivity index (χ0n) is 10.5. The van der Waals surface area contributed by atoms with Crippen molar-refractivity contribution in [1.29, 1.82) is 0 Å². The summed E-state index contributed by atoms with van der Waals surface area (Å²) >= 11 is 5.84. The van der Waals surface area contributed by atoms with E-state index >= 15 is 0 Å². The first-order chi connectivity index (χ1) is 9.74. The summed E-state index contributed by atoms with van der Waals surface area (Å²) in [6, 6.07) is 7.00. The van der Waals surface area contributed by atoms with Crippen molar-refractivity contribution in [3.63, 3.8) is 0 Å². The fraction of sp³-hybridized carbons (Fsp3) is 0.286. The van der Waals surface area contributed by atoms with Gasteiger partial charge in [0.25, 0.3) is 0 Å². The molecule has 1 fully saturated rings. The lowest BCUT2D eigenvalue weighted by molar-refractivity contribution is 0.0271. The molecule has 5 nitrogen and oxygen atoms in total. The number of carbonyl (C=O) groups excluding carboxylic acids is 1. The minimum Gasteiger partial charge on any atom is -0.456 e. The van der Waals surface area contributed by atoms with Crippen molar-refractivity contribution in [1.82, 2.24) is 5.16 Å². The molecule has 2 heterocycles. The molecular weight excluding hydrogens is 282 g/mol. The first kappa shape index (κ1) is 13.1. The van der Waals surface area contributed by atoms with Crippen LogP contribution in [0.25, 0.3) is 11.3 Å². The monoisotopic (exact) mass is 293 g/mol. The molecule has 0 amide bonds. The molecule has 3 rings (SSSR count). The third-order valence-electron chi connectivity index (χ3n) is 3.07. The maximum atomic E-state index is 12.1. The fourth-order valence-corrected chi connectivity index (χ4v) is 2.14. The van der Waals surface area contributed by atoms with Crippen molar-refractivity contribution in [3.8, 4) is 11.3 Å². The highest BCUT2D eigenvalue weighted by Crippen LogP contribution is 2.25. The average Bonchev–Trinajstić information content (AvgIpc) is 3.10. The largest absolute Gasteiger partial charge is 0.456 e. The molecule has 104 valence electrons. The molecule has 0 radical (unpaired) electrons. The molecule has 1 aromatic carbocycles. The van der Waals surface area contributed by atoms with Gasteiger partial charge in [-0.05, 0) is 12.1 Å². The fourth-order valence-electron chi connectivity index (χ4n) is 2.02. The van der Waals surface area contributed by atoms with Crippen molar-refractivity contribution in [2.24, 2.45) is 0 Å². The van der Waals surface area contributed by atoms with Crippen LogP contribution in [0.3, 0.4) is 0 Å². The number of esters is 1. The smallest absolute Gasteiger partial charge is 0.344 e. The molecule has 1 saturated heterocycles. The van der Waals surface area contributed by atoms with E-state index in [1.807, 2.05) is 0 Å². The summed E-state index contributed by atoms with van der Waals surface area (Å²) in [6.07, 6.45) is 1.81. The van der Waals surface area contributed by atoms with Crippen LogP contribution >= 0.6 is 11.6 Å². The van der Waals surface area contributed by atoms with Gasteiger partial charge in [-0.3, -0.25) is 0 Å². The van der Waals surface area contributed by atoms with Crippen LogP contribution in [0.1, 0.15) is 16.8 Å². The topological polar surface area (TPSA) is 61.6 Å². The Bertz CT molecular complexity index is 602. The first-order valence-electron chi connectivity index (χ1n) is 6.23. The third kappa shape index (κ3) is 2.69. The van der Waals surface area contributed by atoms with Gasteiger partial charge in [0, 0.05) is 17.0 Å². The summed E-state index contributed by atoms with van der Waals surface area (Å²) in [4.78, 5) is 12.1. The Labute approximate surface area is 120 Å². The normalized spacial score (nSPS) is 18.1. The second kappa shape index (κ2) is 5.64. The minimum atomic E-state index is -0.452. The highest BCUT2D eigenvalue weighted by atomic mass is 35.5. The lowest BCUT2D eigenvalue weighted by Gasteiger charge is -2.09. The molecule has 1 atom stereocenters. The highest BCUT2D eigenvalue weighted by Gasteiger charge is 2.24. The zero-order chi connectivity index (χ0) is 13.9. The van der Waals surface area contributed by atoms with Gasteiger partial charge in [0.2, 0.25) is 0 Å². The molecule has 6 heteroatoms. The molecule has 1 unspecified atom stereocenters.